The predicted molar refractivity (Wildman–Crippen MR) is 85.1 cm³/mol. The van der Waals surface area contributed by atoms with E-state index in [-0.39, 0.29) is 5.41 Å². The van der Waals surface area contributed by atoms with Gasteiger partial charge in [0.25, 0.3) is 0 Å². The highest BCUT2D eigenvalue weighted by atomic mass is 15.2. The standard InChI is InChI=1S/C16H25N5/c1-5-8-20-14(17)13(19-15(20)16(2,3)4)12-9-18-10-21(12)11-6-7-11/h9-11H,5-8,17H2,1-4H3. The maximum absolute atomic E-state index is 6.43. The third kappa shape index (κ3) is 2.45. The molecule has 3 rings (SSSR count). The van der Waals surface area contributed by atoms with Gasteiger partial charge in [0.2, 0.25) is 0 Å². The van der Waals surface area contributed by atoms with E-state index in [1.54, 1.807) is 0 Å². The molecule has 114 valence electrons. The quantitative estimate of drug-likeness (QED) is 0.937. The molecule has 0 amide bonds. The van der Waals surface area contributed by atoms with E-state index in [1.807, 2.05) is 12.5 Å². The van der Waals surface area contributed by atoms with Gasteiger partial charge in [-0.25, -0.2) is 9.97 Å². The van der Waals surface area contributed by atoms with E-state index >= 15 is 0 Å². The molecule has 1 aliphatic rings. The van der Waals surface area contributed by atoms with Crippen molar-refractivity contribution in [1.29, 1.82) is 0 Å². The first-order valence-corrected chi connectivity index (χ1v) is 7.82. The first-order valence-electron chi connectivity index (χ1n) is 7.82. The molecule has 5 nitrogen and oxygen atoms in total. The van der Waals surface area contributed by atoms with Crippen molar-refractivity contribution in [3.63, 3.8) is 0 Å². The van der Waals surface area contributed by atoms with Crippen LogP contribution in [0.25, 0.3) is 11.4 Å². The molecular formula is C16H25N5. The number of nitrogens with zero attached hydrogens (tertiary/aromatic N) is 4. The van der Waals surface area contributed by atoms with Crippen LogP contribution < -0.4 is 5.73 Å². The van der Waals surface area contributed by atoms with Gasteiger partial charge in [-0.15, -0.1) is 0 Å². The Kier molecular flexibility index (Phi) is 3.30. The Labute approximate surface area is 126 Å². The van der Waals surface area contributed by atoms with E-state index in [0.29, 0.717) is 6.04 Å². The van der Waals surface area contributed by atoms with Gasteiger partial charge in [0.05, 0.1) is 18.2 Å². The normalized spacial score (nSPS) is 15.6. The topological polar surface area (TPSA) is 61.7 Å². The van der Waals surface area contributed by atoms with Crippen LogP contribution in [0.4, 0.5) is 5.82 Å². The van der Waals surface area contributed by atoms with Crippen molar-refractivity contribution in [3.8, 4) is 11.4 Å². The number of nitrogen functional groups attached to an aromatic ring is 1. The van der Waals surface area contributed by atoms with E-state index in [4.69, 9.17) is 10.7 Å². The number of aromatic nitrogens is 4. The van der Waals surface area contributed by atoms with Crippen molar-refractivity contribution in [2.75, 3.05) is 5.73 Å². The number of nitrogens with two attached hydrogens (primary N) is 1. The van der Waals surface area contributed by atoms with Gasteiger partial charge in [0, 0.05) is 18.0 Å². The van der Waals surface area contributed by atoms with Gasteiger partial charge in [-0.3, -0.25) is 0 Å². The zero-order chi connectivity index (χ0) is 15.2. The summed E-state index contributed by atoms with van der Waals surface area (Å²) in [5, 5.41) is 0. The summed E-state index contributed by atoms with van der Waals surface area (Å²) in [6.07, 6.45) is 7.29. The molecular weight excluding hydrogens is 262 g/mol. The smallest absolute Gasteiger partial charge is 0.133 e. The minimum atomic E-state index is -0.0219. The van der Waals surface area contributed by atoms with Gasteiger partial charge in [-0.2, -0.15) is 0 Å². The second kappa shape index (κ2) is 4.90. The molecule has 0 aliphatic heterocycles. The van der Waals surface area contributed by atoms with E-state index < -0.39 is 0 Å². The highest BCUT2D eigenvalue weighted by molar-refractivity contribution is 5.68. The number of imidazole rings is 2. The summed E-state index contributed by atoms with van der Waals surface area (Å²) in [4.78, 5) is 9.20. The second-order valence-electron chi connectivity index (χ2n) is 6.99. The average Bonchev–Trinajstić information content (AvgIpc) is 3.05. The zero-order valence-electron chi connectivity index (χ0n) is 13.4. The van der Waals surface area contributed by atoms with Crippen LogP contribution in [0.3, 0.4) is 0 Å². The number of hydrogen-bond donors (Lipinski definition) is 1. The van der Waals surface area contributed by atoms with Crippen molar-refractivity contribution in [2.45, 2.75) is 65.0 Å². The fourth-order valence-corrected chi connectivity index (χ4v) is 2.81. The van der Waals surface area contributed by atoms with Gasteiger partial charge in [-0.05, 0) is 19.3 Å². The van der Waals surface area contributed by atoms with E-state index in [9.17, 15) is 0 Å². The monoisotopic (exact) mass is 287 g/mol. The Bertz CT molecular complexity index is 640. The predicted octanol–water partition coefficient (Wildman–Crippen LogP) is 3.37. The van der Waals surface area contributed by atoms with Crippen LogP contribution in [0, 0.1) is 0 Å². The molecule has 0 radical (unpaired) electrons. The lowest BCUT2D eigenvalue weighted by Crippen LogP contribution is -2.19. The number of hydrogen-bond acceptors (Lipinski definition) is 3. The highest BCUT2D eigenvalue weighted by Gasteiger charge is 2.30. The molecule has 0 spiro atoms. The third-order valence-electron chi connectivity index (χ3n) is 3.97. The summed E-state index contributed by atoms with van der Waals surface area (Å²) >= 11 is 0. The SMILES string of the molecule is CCCn1c(C(C)(C)C)nc(-c2cncn2C2CC2)c1N. The summed E-state index contributed by atoms with van der Waals surface area (Å²) in [5.41, 5.74) is 8.34. The van der Waals surface area contributed by atoms with Crippen LogP contribution in [0.2, 0.25) is 0 Å². The Morgan fingerprint density at radius 3 is 2.62 bits per heavy atom. The molecule has 2 N–H and O–H groups in total. The Balaban J connectivity index is 2.12. The van der Waals surface area contributed by atoms with Gasteiger partial charge in [-0.1, -0.05) is 27.7 Å². The van der Waals surface area contributed by atoms with Gasteiger partial charge in [0.15, 0.2) is 0 Å². The molecule has 1 aliphatic carbocycles. The lowest BCUT2D eigenvalue weighted by atomic mass is 9.95. The maximum Gasteiger partial charge on any atom is 0.133 e. The molecule has 0 bridgehead atoms. The van der Waals surface area contributed by atoms with Crippen LogP contribution >= 0.6 is 0 Å². The minimum absolute atomic E-state index is 0.0219. The molecule has 21 heavy (non-hydrogen) atoms. The van der Waals surface area contributed by atoms with Crippen molar-refractivity contribution >= 4 is 5.82 Å². The minimum Gasteiger partial charge on any atom is -0.383 e. The van der Waals surface area contributed by atoms with Crippen LogP contribution in [0.1, 0.15) is 58.8 Å². The van der Waals surface area contributed by atoms with Crippen LogP contribution in [-0.4, -0.2) is 19.1 Å². The fourth-order valence-electron chi connectivity index (χ4n) is 2.81. The van der Waals surface area contributed by atoms with Crippen LogP contribution in [0.15, 0.2) is 12.5 Å². The highest BCUT2D eigenvalue weighted by Crippen LogP contribution is 2.40. The number of anilines is 1. The first-order chi connectivity index (χ1) is 9.93. The molecule has 2 heterocycles. The molecule has 0 saturated heterocycles. The summed E-state index contributed by atoms with van der Waals surface area (Å²) < 4.78 is 4.39. The molecule has 0 atom stereocenters. The largest absolute Gasteiger partial charge is 0.383 e. The molecule has 2 aromatic heterocycles. The molecule has 1 fully saturated rings. The summed E-state index contributed by atoms with van der Waals surface area (Å²) in [6, 6.07) is 0.580. The summed E-state index contributed by atoms with van der Waals surface area (Å²) in [6.45, 7) is 9.62. The Hall–Kier alpha value is -1.78. The summed E-state index contributed by atoms with van der Waals surface area (Å²) in [5.74, 6) is 1.82. The van der Waals surface area contributed by atoms with Gasteiger partial charge in [0.1, 0.15) is 17.3 Å². The number of rotatable bonds is 4. The first kappa shape index (κ1) is 14.2. The molecule has 1 saturated carbocycles. The zero-order valence-corrected chi connectivity index (χ0v) is 13.4. The van der Waals surface area contributed by atoms with Crippen molar-refractivity contribution in [2.24, 2.45) is 0 Å². The molecule has 5 heteroatoms. The third-order valence-corrected chi connectivity index (χ3v) is 3.97. The van der Waals surface area contributed by atoms with Crippen molar-refractivity contribution in [3.05, 3.63) is 18.3 Å². The van der Waals surface area contributed by atoms with Crippen LogP contribution in [-0.2, 0) is 12.0 Å². The Morgan fingerprint density at radius 1 is 1.33 bits per heavy atom. The van der Waals surface area contributed by atoms with Gasteiger partial charge < -0.3 is 14.9 Å². The van der Waals surface area contributed by atoms with Crippen molar-refractivity contribution in [1.82, 2.24) is 19.1 Å². The molecule has 0 aromatic carbocycles. The lowest BCUT2D eigenvalue weighted by molar-refractivity contribution is 0.498. The molecule has 2 aromatic rings. The van der Waals surface area contributed by atoms with Gasteiger partial charge >= 0.3 is 0 Å². The average molecular weight is 287 g/mol. The fraction of sp³-hybridized carbons (Fsp3) is 0.625. The van der Waals surface area contributed by atoms with Crippen LogP contribution in [0.5, 0.6) is 0 Å². The molecule has 0 unspecified atom stereocenters. The van der Waals surface area contributed by atoms with E-state index in [0.717, 1.165) is 36.0 Å². The second-order valence-corrected chi connectivity index (χ2v) is 6.99. The van der Waals surface area contributed by atoms with E-state index in [2.05, 4.69) is 41.8 Å². The van der Waals surface area contributed by atoms with Crippen molar-refractivity contribution < 1.29 is 0 Å². The summed E-state index contributed by atoms with van der Waals surface area (Å²) in [7, 11) is 0. The Morgan fingerprint density at radius 2 is 2.05 bits per heavy atom. The van der Waals surface area contributed by atoms with E-state index in [1.165, 1.54) is 12.8 Å². The lowest BCUT2D eigenvalue weighted by Gasteiger charge is -2.19. The maximum atomic E-state index is 6.43.